The van der Waals surface area contributed by atoms with Crippen LogP contribution in [-0.4, -0.2) is 66.5 Å². The Morgan fingerprint density at radius 2 is 0.703 bits per heavy atom. The van der Waals surface area contributed by atoms with Crippen LogP contribution in [0.25, 0.3) is 0 Å². The van der Waals surface area contributed by atoms with Gasteiger partial charge in [0, 0.05) is 19.3 Å². The number of rotatable bonds is 48. The predicted molar refractivity (Wildman–Crippen MR) is 306 cm³/mol. The minimum atomic E-state index is -4.80. The van der Waals surface area contributed by atoms with Gasteiger partial charge in [0.05, 0.1) is 19.8 Å². The molecule has 3 unspecified atom stereocenters. The van der Waals surface area contributed by atoms with Crippen molar-refractivity contribution in [2.75, 3.05) is 26.4 Å². The Balaban J connectivity index is 4.92. The summed E-state index contributed by atoms with van der Waals surface area (Å²) in [6, 6.07) is 0. The molecule has 0 aromatic carbocycles. The molecule has 0 spiro atoms. The van der Waals surface area contributed by atoms with E-state index in [-0.39, 0.29) is 19.3 Å². The van der Waals surface area contributed by atoms with Gasteiger partial charge in [-0.2, -0.15) is 0 Å². The first kappa shape index (κ1) is 69.1. The summed E-state index contributed by atoms with van der Waals surface area (Å²) in [7, 11) is -4.80. The maximum Gasteiger partial charge on any atom is 0.472 e. The molecule has 0 bridgehead atoms. The lowest BCUT2D eigenvalue weighted by atomic mass is 10.1. The van der Waals surface area contributed by atoms with E-state index in [2.05, 4.69) is 154 Å². The van der Waals surface area contributed by atoms with E-state index in [9.17, 15) is 28.9 Å². The summed E-state index contributed by atoms with van der Waals surface area (Å²) in [5, 5.41) is 9.80. The van der Waals surface area contributed by atoms with Gasteiger partial charge in [-0.25, -0.2) is 4.57 Å². The third kappa shape index (κ3) is 52.0. The molecule has 414 valence electrons. The van der Waals surface area contributed by atoms with Gasteiger partial charge in [0.1, 0.15) is 12.7 Å². The Morgan fingerprint density at radius 3 is 1.11 bits per heavy atom. The lowest BCUT2D eigenvalue weighted by Crippen LogP contribution is -2.30. The molecule has 11 nitrogen and oxygen atoms in total. The van der Waals surface area contributed by atoms with Crippen LogP contribution in [-0.2, 0) is 42.2 Å². The monoisotopic (exact) mass is 1050 g/mol. The quantitative estimate of drug-likeness (QED) is 0.0197. The molecule has 0 saturated carbocycles. The number of allylic oxidation sites excluding steroid dienone is 26. The van der Waals surface area contributed by atoms with Crippen LogP contribution in [0.1, 0.15) is 175 Å². The SMILES string of the molecule is CC/C=C\C/C=C\C/C=C\C/C=C\C/C=C\CCCC(=O)OC(COC(=O)CC/C=C\C/C=C\C/C=C\C/C=C\CC)COP(=O)(O)OCC(CO)OC(=O)CCCCCC/C=C\C/C=C\C/C=C\C/C=C\CC. The van der Waals surface area contributed by atoms with E-state index in [1.54, 1.807) is 0 Å². The number of hydrogen-bond donors (Lipinski definition) is 2. The Morgan fingerprint density at radius 1 is 0.378 bits per heavy atom. The molecule has 0 radical (unpaired) electrons. The molecule has 0 amide bonds. The number of aliphatic hydroxyl groups excluding tert-OH is 1. The summed E-state index contributed by atoms with van der Waals surface area (Å²) in [6.45, 7) is 4.08. The molecule has 0 saturated heterocycles. The van der Waals surface area contributed by atoms with E-state index >= 15 is 0 Å². The Labute approximate surface area is 447 Å². The molecule has 0 aromatic rings. The van der Waals surface area contributed by atoms with Crippen LogP contribution in [0.2, 0.25) is 0 Å². The largest absolute Gasteiger partial charge is 0.472 e. The molecular weight excluding hydrogens is 952 g/mol. The number of carbonyl (C=O) groups excluding carboxylic acids is 3. The van der Waals surface area contributed by atoms with Crippen LogP contribution < -0.4 is 0 Å². The average Bonchev–Trinajstić information content (AvgIpc) is 3.39. The van der Waals surface area contributed by atoms with Crippen LogP contribution in [0.3, 0.4) is 0 Å². The fraction of sp³-hybridized carbons (Fsp3) is 0.532. The topological polar surface area (TPSA) is 155 Å². The second-order valence-corrected chi connectivity index (χ2v) is 18.7. The van der Waals surface area contributed by atoms with Gasteiger partial charge in [0.2, 0.25) is 0 Å². The van der Waals surface area contributed by atoms with Crippen molar-refractivity contribution in [1.82, 2.24) is 0 Å². The molecule has 0 aliphatic heterocycles. The van der Waals surface area contributed by atoms with Crippen molar-refractivity contribution >= 4 is 25.7 Å². The van der Waals surface area contributed by atoms with Gasteiger partial charge in [-0.1, -0.05) is 192 Å². The van der Waals surface area contributed by atoms with Crippen LogP contribution >= 0.6 is 7.82 Å². The summed E-state index contributed by atoms with van der Waals surface area (Å²) in [6.07, 6.45) is 70.9. The van der Waals surface area contributed by atoms with Crippen LogP contribution in [0, 0.1) is 0 Å². The van der Waals surface area contributed by atoms with E-state index < -0.39 is 64.4 Å². The number of aliphatic hydroxyl groups is 1. The first-order valence-corrected chi connectivity index (χ1v) is 28.9. The zero-order chi connectivity index (χ0) is 54.1. The van der Waals surface area contributed by atoms with E-state index in [4.69, 9.17) is 23.3 Å². The van der Waals surface area contributed by atoms with E-state index in [0.29, 0.717) is 25.7 Å². The molecular formula is C62H95O11P. The smallest absolute Gasteiger partial charge is 0.462 e. The molecule has 0 aliphatic rings. The number of unbranched alkanes of at least 4 members (excludes halogenated alkanes) is 5. The highest BCUT2D eigenvalue weighted by molar-refractivity contribution is 7.47. The molecule has 0 rings (SSSR count). The lowest BCUT2D eigenvalue weighted by molar-refractivity contribution is -0.161. The summed E-state index contributed by atoms with van der Waals surface area (Å²) >= 11 is 0. The summed E-state index contributed by atoms with van der Waals surface area (Å²) in [5.41, 5.74) is 0. The van der Waals surface area contributed by atoms with Gasteiger partial charge < -0.3 is 24.2 Å². The highest BCUT2D eigenvalue weighted by Gasteiger charge is 2.28. The fourth-order valence-corrected chi connectivity index (χ4v) is 7.18. The van der Waals surface area contributed by atoms with Crippen molar-refractivity contribution in [3.05, 3.63) is 158 Å². The van der Waals surface area contributed by atoms with Crippen molar-refractivity contribution in [1.29, 1.82) is 0 Å². The van der Waals surface area contributed by atoms with Gasteiger partial charge >= 0.3 is 25.7 Å². The molecule has 2 N–H and O–H groups in total. The Hall–Kier alpha value is -4.90. The molecule has 12 heteroatoms. The van der Waals surface area contributed by atoms with Gasteiger partial charge in [-0.15, -0.1) is 0 Å². The molecule has 0 aliphatic carbocycles. The third-order valence-corrected chi connectivity index (χ3v) is 11.4. The number of esters is 3. The number of carbonyl (C=O) groups is 3. The number of phosphoric acid groups is 1. The number of phosphoric ester groups is 1. The highest BCUT2D eigenvalue weighted by Crippen LogP contribution is 2.43. The second kappa shape index (κ2) is 54.4. The van der Waals surface area contributed by atoms with Crippen LogP contribution in [0.15, 0.2) is 158 Å². The summed E-state index contributed by atoms with van der Waals surface area (Å²) in [5.74, 6) is -1.68. The van der Waals surface area contributed by atoms with Gasteiger partial charge in [0.25, 0.3) is 0 Å². The van der Waals surface area contributed by atoms with E-state index in [0.717, 1.165) is 109 Å². The van der Waals surface area contributed by atoms with Crippen LogP contribution in [0.4, 0.5) is 0 Å². The molecule has 0 fully saturated rings. The standard InChI is InChI=1S/C62H95O11P/c1-4-7-10-13-16-19-22-25-27-29-31-34-37-40-43-46-49-52-61(65)72-58(54-63)56-70-74(67,68)71-57-59(55-69-60(64)51-48-45-42-39-36-33-24-21-18-15-12-9-6-3)73-62(66)53-50-47-44-41-38-35-32-30-28-26-23-20-17-14-11-8-5-2/h7-12,16-21,25-28,31-36,41-42,44-45,58-59,63H,4-6,13-15,22-24,29-30,37-40,43,46-57H2,1-3H3,(H,67,68)/b10-7-,11-8-,12-9-,19-16-,20-17-,21-18-,27-25-,28-26-,34-31-,35-32-,36-33-,44-41-,45-42-. The zero-order valence-corrected chi connectivity index (χ0v) is 46.4. The fourth-order valence-electron chi connectivity index (χ4n) is 6.39. The highest BCUT2D eigenvalue weighted by atomic mass is 31.2. The second-order valence-electron chi connectivity index (χ2n) is 17.2. The van der Waals surface area contributed by atoms with Crippen molar-refractivity contribution in [3.63, 3.8) is 0 Å². The molecule has 3 atom stereocenters. The van der Waals surface area contributed by atoms with Crippen molar-refractivity contribution < 1.29 is 52.2 Å². The van der Waals surface area contributed by atoms with Gasteiger partial charge in [0.15, 0.2) is 6.10 Å². The lowest BCUT2D eigenvalue weighted by Gasteiger charge is -2.21. The maximum atomic E-state index is 12.9. The van der Waals surface area contributed by atoms with Gasteiger partial charge in [-0.3, -0.25) is 23.4 Å². The predicted octanol–water partition coefficient (Wildman–Crippen LogP) is 16.1. The average molecular weight is 1050 g/mol. The normalized spacial score (nSPS) is 14.6. The Bertz CT molecular complexity index is 1840. The summed E-state index contributed by atoms with van der Waals surface area (Å²) in [4.78, 5) is 48.4. The number of hydrogen-bond acceptors (Lipinski definition) is 10. The molecule has 0 heterocycles. The van der Waals surface area contributed by atoms with Crippen molar-refractivity contribution in [3.8, 4) is 0 Å². The minimum Gasteiger partial charge on any atom is -0.462 e. The van der Waals surface area contributed by atoms with Crippen molar-refractivity contribution in [2.24, 2.45) is 0 Å². The molecule has 74 heavy (non-hydrogen) atoms. The third-order valence-electron chi connectivity index (χ3n) is 10.4. The summed E-state index contributed by atoms with van der Waals surface area (Å²) < 4.78 is 39.3. The number of ether oxygens (including phenoxy) is 3. The zero-order valence-electron chi connectivity index (χ0n) is 45.5. The van der Waals surface area contributed by atoms with E-state index in [1.165, 1.54) is 0 Å². The molecule has 0 aromatic heterocycles. The first-order chi connectivity index (χ1) is 36.2. The van der Waals surface area contributed by atoms with E-state index in [1.807, 2.05) is 24.3 Å². The van der Waals surface area contributed by atoms with Crippen LogP contribution in [0.5, 0.6) is 0 Å². The maximum absolute atomic E-state index is 12.9. The van der Waals surface area contributed by atoms with Crippen molar-refractivity contribution in [2.45, 2.75) is 187 Å². The Kier molecular flexibility index (Phi) is 50.8. The first-order valence-electron chi connectivity index (χ1n) is 27.4. The van der Waals surface area contributed by atoms with Gasteiger partial charge in [-0.05, 0) is 122 Å². The minimum absolute atomic E-state index is 0.0629.